The molecule has 6 nitrogen and oxygen atoms in total. The molecule has 0 spiro atoms. The average Bonchev–Trinajstić information content (AvgIpc) is 3.39. The Hall–Kier alpha value is -3.58. The number of aryl methyl sites for hydroxylation is 3. The molecular weight excluding hydrogens is 422 g/mol. The van der Waals surface area contributed by atoms with Gasteiger partial charge in [-0.05, 0) is 67.8 Å². The SMILES string of the molecule is Cc1cc2oc(=O)cc(CSc3nnc(-c4ccoc4C)n3-c3ccccc3)c2cc1C. The Labute approximate surface area is 188 Å². The van der Waals surface area contributed by atoms with Crippen LogP contribution in [0.1, 0.15) is 22.5 Å². The summed E-state index contributed by atoms with van der Waals surface area (Å²) in [6.45, 7) is 5.98. The molecule has 0 aliphatic carbocycles. The predicted molar refractivity (Wildman–Crippen MR) is 125 cm³/mol. The summed E-state index contributed by atoms with van der Waals surface area (Å²) in [6, 6.07) is 17.4. The van der Waals surface area contributed by atoms with E-state index in [1.54, 1.807) is 12.3 Å². The number of hydrogen-bond acceptors (Lipinski definition) is 6. The van der Waals surface area contributed by atoms with Gasteiger partial charge in [-0.15, -0.1) is 10.2 Å². The summed E-state index contributed by atoms with van der Waals surface area (Å²) in [6.07, 6.45) is 1.65. The standard InChI is InChI=1S/C25H21N3O3S/c1-15-11-21-18(13-23(29)31-22(21)12-16(15)2)14-32-25-27-26-24(20-9-10-30-17(20)3)28(25)19-7-5-4-6-8-19/h4-13H,14H2,1-3H3. The number of aromatic nitrogens is 3. The van der Waals surface area contributed by atoms with Gasteiger partial charge in [-0.1, -0.05) is 30.0 Å². The molecule has 0 saturated carbocycles. The third kappa shape index (κ3) is 3.65. The number of fused-ring (bicyclic) bond motifs is 1. The number of para-hydroxylation sites is 1. The third-order valence-electron chi connectivity index (χ3n) is 5.55. The van der Waals surface area contributed by atoms with Crippen LogP contribution in [0.5, 0.6) is 0 Å². The van der Waals surface area contributed by atoms with E-state index in [9.17, 15) is 4.79 Å². The molecule has 0 unspecified atom stereocenters. The van der Waals surface area contributed by atoms with Crippen LogP contribution in [-0.2, 0) is 5.75 Å². The molecular formula is C25H21N3O3S. The number of hydrogen-bond donors (Lipinski definition) is 0. The van der Waals surface area contributed by atoms with Gasteiger partial charge in [0.1, 0.15) is 11.3 Å². The zero-order chi connectivity index (χ0) is 22.2. The predicted octanol–water partition coefficient (Wildman–Crippen LogP) is 5.85. The van der Waals surface area contributed by atoms with Gasteiger partial charge in [0.2, 0.25) is 0 Å². The largest absolute Gasteiger partial charge is 0.469 e. The highest BCUT2D eigenvalue weighted by molar-refractivity contribution is 7.98. The Balaban J connectivity index is 1.58. The van der Waals surface area contributed by atoms with E-state index in [-0.39, 0.29) is 5.63 Å². The van der Waals surface area contributed by atoms with E-state index in [4.69, 9.17) is 8.83 Å². The maximum atomic E-state index is 12.2. The van der Waals surface area contributed by atoms with E-state index in [1.807, 2.05) is 60.9 Å². The normalized spacial score (nSPS) is 11.3. The van der Waals surface area contributed by atoms with Gasteiger partial charge >= 0.3 is 5.63 Å². The summed E-state index contributed by atoms with van der Waals surface area (Å²) < 4.78 is 13.0. The number of furan rings is 1. The highest BCUT2D eigenvalue weighted by atomic mass is 32.2. The highest BCUT2D eigenvalue weighted by Gasteiger charge is 2.19. The first-order valence-electron chi connectivity index (χ1n) is 10.2. The van der Waals surface area contributed by atoms with Crippen LogP contribution in [0.2, 0.25) is 0 Å². The number of nitrogens with zero attached hydrogens (tertiary/aromatic N) is 3. The number of rotatable bonds is 5. The highest BCUT2D eigenvalue weighted by Crippen LogP contribution is 2.33. The Kier molecular flexibility index (Phi) is 5.19. The Morgan fingerprint density at radius 2 is 1.75 bits per heavy atom. The molecule has 0 aliphatic rings. The first-order chi connectivity index (χ1) is 15.5. The monoisotopic (exact) mass is 443 g/mol. The van der Waals surface area contributed by atoms with Crippen LogP contribution in [-0.4, -0.2) is 14.8 Å². The molecule has 0 N–H and O–H groups in total. The van der Waals surface area contributed by atoms with Gasteiger partial charge in [-0.25, -0.2) is 4.79 Å². The van der Waals surface area contributed by atoms with Crippen LogP contribution >= 0.6 is 11.8 Å². The van der Waals surface area contributed by atoms with Gasteiger partial charge < -0.3 is 8.83 Å². The lowest BCUT2D eigenvalue weighted by molar-refractivity contribution is 0.535. The molecule has 0 fully saturated rings. The van der Waals surface area contributed by atoms with Crippen molar-refractivity contribution in [2.75, 3.05) is 0 Å². The van der Waals surface area contributed by atoms with Gasteiger partial charge in [0.15, 0.2) is 11.0 Å². The maximum Gasteiger partial charge on any atom is 0.336 e. The van der Waals surface area contributed by atoms with E-state index < -0.39 is 0 Å². The van der Waals surface area contributed by atoms with Crippen LogP contribution < -0.4 is 5.63 Å². The van der Waals surface area contributed by atoms with Crippen molar-refractivity contribution in [3.05, 3.63) is 93.7 Å². The quantitative estimate of drug-likeness (QED) is 0.251. The molecule has 0 amide bonds. The fourth-order valence-electron chi connectivity index (χ4n) is 3.71. The molecule has 0 bridgehead atoms. The molecule has 0 radical (unpaired) electrons. The van der Waals surface area contributed by atoms with Crippen LogP contribution in [0.15, 0.2) is 79.6 Å². The third-order valence-corrected chi connectivity index (χ3v) is 6.53. The Morgan fingerprint density at radius 3 is 2.50 bits per heavy atom. The molecule has 2 aromatic carbocycles. The fraction of sp³-hybridized carbons (Fsp3) is 0.160. The van der Waals surface area contributed by atoms with Crippen molar-refractivity contribution in [2.24, 2.45) is 0 Å². The van der Waals surface area contributed by atoms with E-state index in [0.29, 0.717) is 17.2 Å². The van der Waals surface area contributed by atoms with E-state index >= 15 is 0 Å². The number of benzene rings is 2. The van der Waals surface area contributed by atoms with E-state index in [1.165, 1.54) is 11.8 Å². The van der Waals surface area contributed by atoms with Gasteiger partial charge in [-0.3, -0.25) is 4.57 Å². The molecule has 32 heavy (non-hydrogen) atoms. The maximum absolute atomic E-state index is 12.2. The van der Waals surface area contributed by atoms with Gasteiger partial charge in [0.05, 0.1) is 11.8 Å². The lowest BCUT2D eigenvalue weighted by Crippen LogP contribution is -2.02. The molecule has 5 aromatic rings. The minimum atomic E-state index is -0.351. The lowest BCUT2D eigenvalue weighted by atomic mass is 10.0. The minimum Gasteiger partial charge on any atom is -0.469 e. The second-order valence-electron chi connectivity index (χ2n) is 7.68. The van der Waals surface area contributed by atoms with Crippen molar-refractivity contribution in [3.63, 3.8) is 0 Å². The minimum absolute atomic E-state index is 0.351. The smallest absolute Gasteiger partial charge is 0.336 e. The van der Waals surface area contributed by atoms with Crippen LogP contribution in [0.4, 0.5) is 0 Å². The van der Waals surface area contributed by atoms with Crippen molar-refractivity contribution in [2.45, 2.75) is 31.7 Å². The Bertz CT molecular complexity index is 1480. The molecule has 7 heteroatoms. The summed E-state index contributed by atoms with van der Waals surface area (Å²) >= 11 is 1.53. The summed E-state index contributed by atoms with van der Waals surface area (Å²) in [5.74, 6) is 2.05. The zero-order valence-corrected chi connectivity index (χ0v) is 18.8. The molecule has 160 valence electrons. The zero-order valence-electron chi connectivity index (χ0n) is 18.0. The molecule has 3 heterocycles. The molecule has 5 rings (SSSR count). The lowest BCUT2D eigenvalue weighted by Gasteiger charge is -2.11. The molecule has 0 atom stereocenters. The summed E-state index contributed by atoms with van der Waals surface area (Å²) in [5, 5.41) is 10.6. The molecule has 0 aliphatic heterocycles. The van der Waals surface area contributed by atoms with Crippen LogP contribution in [0.25, 0.3) is 28.0 Å². The Morgan fingerprint density at radius 1 is 0.969 bits per heavy atom. The second-order valence-corrected chi connectivity index (χ2v) is 8.62. The first-order valence-corrected chi connectivity index (χ1v) is 11.2. The summed E-state index contributed by atoms with van der Waals surface area (Å²) in [5.41, 5.74) is 5.26. The average molecular weight is 444 g/mol. The summed E-state index contributed by atoms with van der Waals surface area (Å²) in [7, 11) is 0. The molecule has 3 aromatic heterocycles. The van der Waals surface area contributed by atoms with Crippen molar-refractivity contribution >= 4 is 22.7 Å². The van der Waals surface area contributed by atoms with Gasteiger partial charge in [0, 0.05) is 22.9 Å². The number of thioether (sulfide) groups is 1. The van der Waals surface area contributed by atoms with Crippen molar-refractivity contribution in [1.29, 1.82) is 0 Å². The fourth-order valence-corrected chi connectivity index (χ4v) is 4.65. The first kappa shape index (κ1) is 20.3. The molecule has 0 saturated heterocycles. The topological polar surface area (TPSA) is 74.1 Å². The second kappa shape index (κ2) is 8.16. The van der Waals surface area contributed by atoms with Crippen LogP contribution in [0, 0.1) is 20.8 Å². The summed E-state index contributed by atoms with van der Waals surface area (Å²) in [4.78, 5) is 12.2. The van der Waals surface area contributed by atoms with Gasteiger partial charge in [0.25, 0.3) is 0 Å². The van der Waals surface area contributed by atoms with Crippen molar-refractivity contribution < 1.29 is 8.83 Å². The van der Waals surface area contributed by atoms with Crippen LogP contribution in [0.3, 0.4) is 0 Å². The van der Waals surface area contributed by atoms with Crippen molar-refractivity contribution in [3.8, 4) is 17.1 Å². The van der Waals surface area contributed by atoms with E-state index in [2.05, 4.69) is 23.2 Å². The van der Waals surface area contributed by atoms with Gasteiger partial charge in [-0.2, -0.15) is 0 Å². The van der Waals surface area contributed by atoms with E-state index in [0.717, 1.165) is 44.2 Å². The van der Waals surface area contributed by atoms with Crippen molar-refractivity contribution in [1.82, 2.24) is 14.8 Å².